The summed E-state index contributed by atoms with van der Waals surface area (Å²) in [6.45, 7) is 0.0751. The molecule has 0 unspecified atom stereocenters. The number of rotatable bonds is 4. The Labute approximate surface area is 147 Å². The summed E-state index contributed by atoms with van der Waals surface area (Å²) < 4.78 is 38.6. The lowest BCUT2D eigenvalue weighted by Gasteiger charge is -2.12. The molecule has 0 aliphatic rings. The number of nitro benzene ring substituents is 1. The molecule has 3 aromatic rings. The highest BCUT2D eigenvalue weighted by Crippen LogP contribution is 2.40. The van der Waals surface area contributed by atoms with Crippen molar-refractivity contribution >= 4 is 34.0 Å². The Hall–Kier alpha value is -3.01. The number of halogens is 4. The maximum Gasteiger partial charge on any atom is 0.418 e. The van der Waals surface area contributed by atoms with E-state index in [9.17, 15) is 28.1 Å². The zero-order valence-corrected chi connectivity index (χ0v) is 13.5. The van der Waals surface area contributed by atoms with Crippen molar-refractivity contribution in [2.75, 3.05) is 5.32 Å². The van der Waals surface area contributed by atoms with E-state index in [0.29, 0.717) is 22.7 Å². The number of hydrogen-bond donors (Lipinski definition) is 3. The Morgan fingerprint density at radius 1 is 1.15 bits per heavy atom. The second-order valence-electron chi connectivity index (χ2n) is 5.42. The van der Waals surface area contributed by atoms with Gasteiger partial charge in [0, 0.05) is 12.6 Å². The minimum atomic E-state index is -4.80. The van der Waals surface area contributed by atoms with Gasteiger partial charge in [-0.1, -0.05) is 17.7 Å². The Morgan fingerprint density at radius 3 is 2.50 bits per heavy atom. The first-order valence-corrected chi connectivity index (χ1v) is 7.53. The molecule has 0 saturated carbocycles. The van der Waals surface area contributed by atoms with Gasteiger partial charge in [0.05, 0.1) is 26.5 Å². The van der Waals surface area contributed by atoms with E-state index in [-0.39, 0.29) is 17.9 Å². The molecule has 3 rings (SSSR count). The molecule has 1 heterocycles. The average Bonchev–Trinajstić information content (AvgIpc) is 2.90. The van der Waals surface area contributed by atoms with Gasteiger partial charge in [0.2, 0.25) is 0 Å². The van der Waals surface area contributed by atoms with Crippen LogP contribution in [0.15, 0.2) is 35.1 Å². The largest absolute Gasteiger partial charge is 0.418 e. The fraction of sp³-hybridized carbons (Fsp3) is 0.133. The molecule has 136 valence electrons. The highest BCUT2D eigenvalue weighted by atomic mass is 35.5. The number of H-pyrrole nitrogens is 2. The molecule has 0 atom stereocenters. The van der Waals surface area contributed by atoms with Crippen molar-refractivity contribution in [3.8, 4) is 0 Å². The van der Waals surface area contributed by atoms with Gasteiger partial charge in [-0.3, -0.25) is 10.1 Å². The zero-order valence-electron chi connectivity index (χ0n) is 12.8. The van der Waals surface area contributed by atoms with Gasteiger partial charge >= 0.3 is 11.9 Å². The molecular weight excluding hydrogens is 377 g/mol. The van der Waals surface area contributed by atoms with E-state index >= 15 is 0 Å². The maximum atomic E-state index is 12.9. The monoisotopic (exact) mass is 386 g/mol. The standard InChI is InChI=1S/C15H10ClF3N4O3/c16-9-5-12(13(23(25)26)4-8(9)15(17,18)19)20-6-7-1-2-10-11(3-7)22-14(24)21-10/h1-5,20H,6H2,(H2,21,22,24). The van der Waals surface area contributed by atoms with Gasteiger partial charge in [-0.05, 0) is 23.8 Å². The van der Waals surface area contributed by atoms with Crippen LogP contribution in [0.3, 0.4) is 0 Å². The number of nitrogens with zero attached hydrogens (tertiary/aromatic N) is 1. The smallest absolute Gasteiger partial charge is 0.375 e. The lowest BCUT2D eigenvalue weighted by atomic mass is 10.1. The number of aromatic nitrogens is 2. The molecule has 0 saturated heterocycles. The van der Waals surface area contributed by atoms with Crippen molar-refractivity contribution in [1.29, 1.82) is 0 Å². The molecule has 0 fully saturated rings. The van der Waals surface area contributed by atoms with Gasteiger partial charge in [0.15, 0.2) is 0 Å². The van der Waals surface area contributed by atoms with Gasteiger partial charge < -0.3 is 15.3 Å². The third-order valence-electron chi connectivity index (χ3n) is 3.65. The van der Waals surface area contributed by atoms with E-state index in [1.54, 1.807) is 18.2 Å². The van der Waals surface area contributed by atoms with Crippen LogP contribution in [-0.4, -0.2) is 14.9 Å². The lowest BCUT2D eigenvalue weighted by Crippen LogP contribution is -2.09. The van der Waals surface area contributed by atoms with Crippen molar-refractivity contribution < 1.29 is 18.1 Å². The maximum absolute atomic E-state index is 12.9. The van der Waals surface area contributed by atoms with E-state index in [1.165, 1.54) is 0 Å². The van der Waals surface area contributed by atoms with Crippen molar-refractivity contribution in [1.82, 2.24) is 9.97 Å². The molecule has 0 aliphatic heterocycles. The van der Waals surface area contributed by atoms with Crippen LogP contribution in [0.1, 0.15) is 11.1 Å². The topological polar surface area (TPSA) is 104 Å². The van der Waals surface area contributed by atoms with Gasteiger partial charge in [-0.25, -0.2) is 4.79 Å². The minimum Gasteiger partial charge on any atom is -0.375 e. The Morgan fingerprint density at radius 2 is 1.85 bits per heavy atom. The number of nitrogens with one attached hydrogen (secondary N) is 3. The van der Waals surface area contributed by atoms with E-state index in [0.717, 1.165) is 6.07 Å². The fourth-order valence-corrected chi connectivity index (χ4v) is 2.73. The third kappa shape index (κ3) is 3.49. The molecule has 7 nitrogen and oxygen atoms in total. The quantitative estimate of drug-likeness (QED) is 0.465. The molecule has 0 spiro atoms. The first-order chi connectivity index (χ1) is 12.1. The number of fused-ring (bicyclic) bond motifs is 1. The van der Waals surface area contributed by atoms with Gasteiger partial charge in [0.1, 0.15) is 5.69 Å². The molecule has 3 N–H and O–H groups in total. The van der Waals surface area contributed by atoms with Crippen LogP contribution in [0.4, 0.5) is 24.5 Å². The van der Waals surface area contributed by atoms with E-state index < -0.39 is 27.4 Å². The highest BCUT2D eigenvalue weighted by molar-refractivity contribution is 6.31. The molecule has 1 aromatic heterocycles. The molecule has 11 heteroatoms. The van der Waals surface area contributed by atoms with Crippen molar-refractivity contribution in [2.45, 2.75) is 12.7 Å². The van der Waals surface area contributed by atoms with E-state index in [2.05, 4.69) is 15.3 Å². The van der Waals surface area contributed by atoms with Crippen molar-refractivity contribution in [3.63, 3.8) is 0 Å². The Kier molecular flexibility index (Phi) is 4.36. The SMILES string of the molecule is O=c1[nH]c2ccc(CNc3cc(Cl)c(C(F)(F)F)cc3[N+](=O)[O-])cc2[nH]1. The minimum absolute atomic E-state index is 0.0751. The number of anilines is 1. The zero-order chi connectivity index (χ0) is 19.1. The van der Waals surface area contributed by atoms with Gasteiger partial charge in [-0.15, -0.1) is 0 Å². The highest BCUT2D eigenvalue weighted by Gasteiger charge is 2.36. The van der Waals surface area contributed by atoms with Crippen LogP contribution in [0.5, 0.6) is 0 Å². The first kappa shape index (κ1) is 17.8. The lowest BCUT2D eigenvalue weighted by molar-refractivity contribution is -0.384. The second kappa shape index (κ2) is 6.37. The summed E-state index contributed by atoms with van der Waals surface area (Å²) >= 11 is 5.63. The normalized spacial score (nSPS) is 11.7. The summed E-state index contributed by atoms with van der Waals surface area (Å²) in [5.41, 5.74) is -0.763. The first-order valence-electron chi connectivity index (χ1n) is 7.15. The third-order valence-corrected chi connectivity index (χ3v) is 3.96. The molecule has 0 bridgehead atoms. The molecule has 26 heavy (non-hydrogen) atoms. The summed E-state index contributed by atoms with van der Waals surface area (Å²) in [6.07, 6.45) is -4.80. The number of benzene rings is 2. The fourth-order valence-electron chi connectivity index (χ4n) is 2.46. The summed E-state index contributed by atoms with van der Waals surface area (Å²) in [5.74, 6) is 0. The average molecular weight is 387 g/mol. The van der Waals surface area contributed by atoms with E-state index in [1.807, 2.05) is 0 Å². The molecule has 0 aliphatic carbocycles. The summed E-state index contributed by atoms with van der Waals surface area (Å²) in [5, 5.41) is 13.2. The van der Waals surface area contributed by atoms with E-state index in [4.69, 9.17) is 11.6 Å². The predicted octanol–water partition coefficient (Wildman–Crippen LogP) is 4.05. The number of aromatic amines is 2. The Balaban J connectivity index is 1.91. The predicted molar refractivity (Wildman–Crippen MR) is 89.4 cm³/mol. The molecule has 0 amide bonds. The van der Waals surface area contributed by atoms with Crippen molar-refractivity contribution in [3.05, 3.63) is 67.1 Å². The number of imidazole rings is 1. The molecular formula is C15H10ClF3N4O3. The number of alkyl halides is 3. The molecule has 0 radical (unpaired) electrons. The van der Waals surface area contributed by atoms with Crippen molar-refractivity contribution in [2.24, 2.45) is 0 Å². The second-order valence-corrected chi connectivity index (χ2v) is 5.82. The van der Waals surface area contributed by atoms with Gasteiger partial charge in [-0.2, -0.15) is 13.2 Å². The van der Waals surface area contributed by atoms with Crippen LogP contribution in [0, 0.1) is 10.1 Å². The van der Waals surface area contributed by atoms with Crippen LogP contribution < -0.4 is 11.0 Å². The van der Waals surface area contributed by atoms with Crippen LogP contribution in [0.2, 0.25) is 5.02 Å². The van der Waals surface area contributed by atoms with Crippen LogP contribution in [0.25, 0.3) is 11.0 Å². The summed E-state index contributed by atoms with van der Waals surface area (Å²) in [6, 6.07) is 6.21. The molecule has 2 aromatic carbocycles. The summed E-state index contributed by atoms with van der Waals surface area (Å²) in [4.78, 5) is 26.6. The summed E-state index contributed by atoms with van der Waals surface area (Å²) in [7, 11) is 0. The van der Waals surface area contributed by atoms with Crippen LogP contribution in [-0.2, 0) is 12.7 Å². The number of hydrogen-bond acceptors (Lipinski definition) is 4. The van der Waals surface area contributed by atoms with Crippen LogP contribution >= 0.6 is 11.6 Å². The van der Waals surface area contributed by atoms with Gasteiger partial charge in [0.25, 0.3) is 5.69 Å². The Bertz CT molecular complexity index is 1060. The number of nitro groups is 1.